The second-order valence-electron chi connectivity index (χ2n) is 4.33. The number of Topliss-reactive ketones (excluding diaryl/α,β-unsaturated/α-hetero) is 1. The molecule has 5 heteroatoms. The van der Waals surface area contributed by atoms with Gasteiger partial charge in [-0.05, 0) is 12.1 Å². The molecule has 1 aromatic carbocycles. The minimum Gasteiger partial charge on any atom is -0.294 e. The Bertz CT molecular complexity index is 518. The zero-order chi connectivity index (χ0) is 13.2. The molecule has 0 spiro atoms. The quantitative estimate of drug-likeness (QED) is 0.771. The standard InChI is InChI=1S/C12H17NO3S/c1-9(2)12(14)10-6-5-7-11(8-10)17(15,16)13(3)4/h5-9H,1-4H3. The van der Waals surface area contributed by atoms with E-state index in [1.165, 1.54) is 26.2 Å². The lowest BCUT2D eigenvalue weighted by Gasteiger charge is -2.12. The van der Waals surface area contributed by atoms with Crippen LogP contribution in [0.3, 0.4) is 0 Å². The van der Waals surface area contributed by atoms with Crippen molar-refractivity contribution in [2.24, 2.45) is 5.92 Å². The van der Waals surface area contributed by atoms with Crippen molar-refractivity contribution in [1.82, 2.24) is 4.31 Å². The van der Waals surface area contributed by atoms with Crippen LogP contribution >= 0.6 is 0 Å². The van der Waals surface area contributed by atoms with Crippen LogP contribution in [0, 0.1) is 5.92 Å². The van der Waals surface area contributed by atoms with E-state index in [-0.39, 0.29) is 16.6 Å². The van der Waals surface area contributed by atoms with Gasteiger partial charge in [0.1, 0.15) is 0 Å². The van der Waals surface area contributed by atoms with Gasteiger partial charge in [-0.3, -0.25) is 4.79 Å². The Balaban J connectivity index is 3.24. The Morgan fingerprint density at radius 1 is 1.24 bits per heavy atom. The van der Waals surface area contributed by atoms with Crippen LogP contribution in [0.1, 0.15) is 24.2 Å². The minimum absolute atomic E-state index is 0.0548. The largest absolute Gasteiger partial charge is 0.294 e. The fourth-order valence-corrected chi connectivity index (χ4v) is 2.30. The Hall–Kier alpha value is -1.20. The molecule has 0 bridgehead atoms. The van der Waals surface area contributed by atoms with E-state index in [2.05, 4.69) is 0 Å². The molecule has 0 aliphatic carbocycles. The van der Waals surface area contributed by atoms with E-state index >= 15 is 0 Å². The number of ketones is 1. The van der Waals surface area contributed by atoms with Gasteiger partial charge in [-0.2, -0.15) is 0 Å². The second kappa shape index (κ2) is 4.98. The van der Waals surface area contributed by atoms with E-state index in [1.807, 2.05) is 0 Å². The highest BCUT2D eigenvalue weighted by atomic mass is 32.2. The average molecular weight is 255 g/mol. The predicted molar refractivity (Wildman–Crippen MR) is 66.5 cm³/mol. The van der Waals surface area contributed by atoms with E-state index < -0.39 is 10.0 Å². The molecular formula is C12H17NO3S. The van der Waals surface area contributed by atoms with Gasteiger partial charge in [0.05, 0.1) is 4.90 Å². The van der Waals surface area contributed by atoms with E-state index in [1.54, 1.807) is 26.0 Å². The summed E-state index contributed by atoms with van der Waals surface area (Å²) in [6, 6.07) is 6.15. The van der Waals surface area contributed by atoms with Crippen molar-refractivity contribution in [2.75, 3.05) is 14.1 Å². The molecule has 0 amide bonds. The molecule has 0 heterocycles. The normalized spacial score (nSPS) is 12.1. The summed E-state index contributed by atoms with van der Waals surface area (Å²) in [5.74, 6) is -0.201. The van der Waals surface area contributed by atoms with Crippen LogP contribution in [0.15, 0.2) is 29.2 Å². The number of carbonyl (C=O) groups is 1. The predicted octanol–water partition coefficient (Wildman–Crippen LogP) is 1.78. The molecular weight excluding hydrogens is 238 g/mol. The summed E-state index contributed by atoms with van der Waals surface area (Å²) in [5.41, 5.74) is 0.433. The maximum Gasteiger partial charge on any atom is 0.242 e. The first-order valence-electron chi connectivity index (χ1n) is 5.33. The molecule has 0 saturated carbocycles. The van der Waals surface area contributed by atoms with Crippen LogP contribution in [-0.2, 0) is 10.0 Å². The third-order valence-electron chi connectivity index (χ3n) is 2.42. The minimum atomic E-state index is -3.48. The van der Waals surface area contributed by atoms with Crippen LogP contribution in [0.5, 0.6) is 0 Å². The molecule has 0 radical (unpaired) electrons. The van der Waals surface area contributed by atoms with Crippen molar-refractivity contribution >= 4 is 15.8 Å². The molecule has 4 nitrogen and oxygen atoms in total. The zero-order valence-electron chi connectivity index (χ0n) is 10.5. The highest BCUT2D eigenvalue weighted by Crippen LogP contribution is 2.17. The van der Waals surface area contributed by atoms with Gasteiger partial charge in [0, 0.05) is 25.6 Å². The Morgan fingerprint density at radius 2 is 1.82 bits per heavy atom. The number of hydrogen-bond donors (Lipinski definition) is 0. The van der Waals surface area contributed by atoms with Gasteiger partial charge in [0.2, 0.25) is 10.0 Å². The van der Waals surface area contributed by atoms with Crippen molar-refractivity contribution in [1.29, 1.82) is 0 Å². The lowest BCUT2D eigenvalue weighted by molar-refractivity contribution is 0.0939. The zero-order valence-corrected chi connectivity index (χ0v) is 11.3. The first-order chi connectivity index (χ1) is 7.76. The maximum atomic E-state index is 11.9. The molecule has 0 fully saturated rings. The summed E-state index contributed by atoms with van der Waals surface area (Å²) >= 11 is 0. The highest BCUT2D eigenvalue weighted by molar-refractivity contribution is 7.89. The van der Waals surface area contributed by atoms with Gasteiger partial charge in [-0.1, -0.05) is 26.0 Å². The van der Waals surface area contributed by atoms with Crippen molar-refractivity contribution in [2.45, 2.75) is 18.7 Å². The molecule has 0 N–H and O–H groups in total. The monoisotopic (exact) mass is 255 g/mol. The van der Waals surface area contributed by atoms with E-state index in [4.69, 9.17) is 0 Å². The summed E-state index contributed by atoms with van der Waals surface area (Å²) in [5, 5.41) is 0. The SMILES string of the molecule is CC(C)C(=O)c1cccc(S(=O)(=O)N(C)C)c1. The number of carbonyl (C=O) groups excluding carboxylic acids is 1. The molecule has 0 unspecified atom stereocenters. The van der Waals surface area contributed by atoms with Crippen molar-refractivity contribution < 1.29 is 13.2 Å². The van der Waals surface area contributed by atoms with Crippen LogP contribution in [-0.4, -0.2) is 32.6 Å². The molecule has 1 aromatic rings. The van der Waals surface area contributed by atoms with E-state index in [0.29, 0.717) is 5.56 Å². The maximum absolute atomic E-state index is 11.9. The lowest BCUT2D eigenvalue weighted by atomic mass is 10.0. The van der Waals surface area contributed by atoms with Crippen LogP contribution in [0.4, 0.5) is 0 Å². The van der Waals surface area contributed by atoms with Crippen LogP contribution < -0.4 is 0 Å². The number of benzene rings is 1. The first-order valence-corrected chi connectivity index (χ1v) is 6.77. The number of hydrogen-bond acceptors (Lipinski definition) is 3. The Kier molecular flexibility index (Phi) is 4.06. The smallest absolute Gasteiger partial charge is 0.242 e. The van der Waals surface area contributed by atoms with Gasteiger partial charge < -0.3 is 0 Å². The summed E-state index contributed by atoms with van der Waals surface area (Å²) in [6.45, 7) is 3.57. The van der Waals surface area contributed by atoms with Gasteiger partial charge in [0.25, 0.3) is 0 Å². The molecule has 0 aliphatic rings. The van der Waals surface area contributed by atoms with Crippen molar-refractivity contribution in [3.63, 3.8) is 0 Å². The Labute approximate surface area is 102 Å². The topological polar surface area (TPSA) is 54.5 Å². The van der Waals surface area contributed by atoms with Gasteiger partial charge in [0.15, 0.2) is 5.78 Å². The summed E-state index contributed by atoms with van der Waals surface area (Å²) in [4.78, 5) is 11.9. The third kappa shape index (κ3) is 2.92. The van der Waals surface area contributed by atoms with Crippen molar-refractivity contribution in [3.05, 3.63) is 29.8 Å². The van der Waals surface area contributed by atoms with Crippen LogP contribution in [0.25, 0.3) is 0 Å². The van der Waals surface area contributed by atoms with E-state index in [0.717, 1.165) is 4.31 Å². The number of rotatable bonds is 4. The molecule has 0 atom stereocenters. The fraction of sp³-hybridized carbons (Fsp3) is 0.417. The second-order valence-corrected chi connectivity index (χ2v) is 6.49. The van der Waals surface area contributed by atoms with Gasteiger partial charge in [-0.25, -0.2) is 12.7 Å². The van der Waals surface area contributed by atoms with E-state index in [9.17, 15) is 13.2 Å². The molecule has 1 rings (SSSR count). The van der Waals surface area contributed by atoms with Gasteiger partial charge in [-0.15, -0.1) is 0 Å². The molecule has 0 aromatic heterocycles. The fourth-order valence-electron chi connectivity index (χ4n) is 1.35. The molecule has 0 aliphatic heterocycles. The number of sulfonamides is 1. The third-order valence-corrected chi connectivity index (χ3v) is 4.23. The molecule has 0 saturated heterocycles. The first kappa shape index (κ1) is 13.9. The van der Waals surface area contributed by atoms with Crippen LogP contribution in [0.2, 0.25) is 0 Å². The summed E-state index contributed by atoms with van der Waals surface area (Å²) < 4.78 is 24.9. The summed E-state index contributed by atoms with van der Waals surface area (Å²) in [7, 11) is -0.548. The molecule has 17 heavy (non-hydrogen) atoms. The number of nitrogens with zero attached hydrogens (tertiary/aromatic N) is 1. The van der Waals surface area contributed by atoms with Gasteiger partial charge >= 0.3 is 0 Å². The average Bonchev–Trinajstić information content (AvgIpc) is 2.27. The summed E-state index contributed by atoms with van der Waals surface area (Å²) in [6.07, 6.45) is 0. The van der Waals surface area contributed by atoms with Crippen molar-refractivity contribution in [3.8, 4) is 0 Å². The molecule has 94 valence electrons. The highest BCUT2D eigenvalue weighted by Gasteiger charge is 2.19. The lowest BCUT2D eigenvalue weighted by Crippen LogP contribution is -2.22. The Morgan fingerprint density at radius 3 is 2.29 bits per heavy atom.